The predicted molar refractivity (Wildman–Crippen MR) is 79.6 cm³/mol. The molecule has 0 saturated heterocycles. The van der Waals surface area contributed by atoms with Crippen LogP contribution in [0.1, 0.15) is 18.1 Å². The van der Waals surface area contributed by atoms with Crippen molar-refractivity contribution in [3.8, 4) is 0 Å². The van der Waals surface area contributed by atoms with Gasteiger partial charge in [-0.1, -0.05) is 42.8 Å². The molecule has 0 aliphatic rings. The topological polar surface area (TPSA) is 29.1 Å². The van der Waals surface area contributed by atoms with Crippen LogP contribution in [0.15, 0.2) is 48.5 Å². The molecule has 3 heteroatoms. The van der Waals surface area contributed by atoms with Gasteiger partial charge in [0.05, 0.1) is 6.42 Å². The van der Waals surface area contributed by atoms with E-state index in [1.165, 1.54) is 5.56 Å². The van der Waals surface area contributed by atoms with Crippen molar-refractivity contribution in [2.75, 3.05) is 5.32 Å². The molecular weight excluding hydrogens is 258 g/mol. The Kier molecular flexibility index (Phi) is 4.58. The zero-order chi connectivity index (χ0) is 13.7. The van der Waals surface area contributed by atoms with Gasteiger partial charge in [-0.2, -0.15) is 0 Å². The second-order valence-electron chi connectivity index (χ2n) is 4.41. The van der Waals surface area contributed by atoms with Crippen molar-refractivity contribution in [2.24, 2.45) is 0 Å². The van der Waals surface area contributed by atoms with E-state index >= 15 is 0 Å². The highest BCUT2D eigenvalue weighted by Gasteiger charge is 2.04. The lowest BCUT2D eigenvalue weighted by Crippen LogP contribution is -2.14. The van der Waals surface area contributed by atoms with Crippen LogP contribution in [0.5, 0.6) is 0 Å². The lowest BCUT2D eigenvalue weighted by molar-refractivity contribution is -0.115. The quantitative estimate of drug-likeness (QED) is 0.893. The number of hydrogen-bond donors (Lipinski definition) is 1. The van der Waals surface area contributed by atoms with E-state index in [0.29, 0.717) is 11.4 Å². The Bertz CT molecular complexity index is 563. The van der Waals surface area contributed by atoms with Gasteiger partial charge in [-0.3, -0.25) is 4.79 Å². The molecule has 0 radical (unpaired) electrons. The van der Waals surface area contributed by atoms with Crippen LogP contribution < -0.4 is 5.32 Å². The van der Waals surface area contributed by atoms with Gasteiger partial charge in [0, 0.05) is 10.7 Å². The third-order valence-electron chi connectivity index (χ3n) is 2.90. The Morgan fingerprint density at radius 1 is 1.11 bits per heavy atom. The van der Waals surface area contributed by atoms with E-state index in [1.54, 1.807) is 12.1 Å². The smallest absolute Gasteiger partial charge is 0.228 e. The van der Waals surface area contributed by atoms with Gasteiger partial charge in [-0.15, -0.1) is 0 Å². The summed E-state index contributed by atoms with van der Waals surface area (Å²) < 4.78 is 0. The maximum atomic E-state index is 11.9. The molecule has 1 N–H and O–H groups in total. The van der Waals surface area contributed by atoms with Crippen LogP contribution in [-0.2, 0) is 17.6 Å². The highest BCUT2D eigenvalue weighted by molar-refractivity contribution is 6.30. The molecule has 0 fully saturated rings. The van der Waals surface area contributed by atoms with E-state index in [4.69, 9.17) is 11.6 Å². The van der Waals surface area contributed by atoms with Crippen molar-refractivity contribution >= 4 is 23.2 Å². The summed E-state index contributed by atoms with van der Waals surface area (Å²) in [4.78, 5) is 11.9. The zero-order valence-corrected chi connectivity index (χ0v) is 11.6. The first-order chi connectivity index (χ1) is 9.17. The van der Waals surface area contributed by atoms with Crippen LogP contribution in [0.3, 0.4) is 0 Å². The molecule has 19 heavy (non-hydrogen) atoms. The summed E-state index contributed by atoms with van der Waals surface area (Å²) in [6, 6.07) is 15.2. The van der Waals surface area contributed by atoms with Crippen LogP contribution in [-0.4, -0.2) is 5.91 Å². The standard InChI is InChI=1S/C16H16ClNO/c1-2-12-6-8-15(9-7-12)18-16(19)11-13-4-3-5-14(17)10-13/h3-10H,2,11H2,1H3,(H,18,19). The number of aryl methyl sites for hydroxylation is 1. The van der Waals surface area contributed by atoms with Gasteiger partial charge in [0.1, 0.15) is 0 Å². The summed E-state index contributed by atoms with van der Waals surface area (Å²) in [6.45, 7) is 2.10. The monoisotopic (exact) mass is 273 g/mol. The van der Waals surface area contributed by atoms with Gasteiger partial charge >= 0.3 is 0 Å². The third-order valence-corrected chi connectivity index (χ3v) is 3.13. The molecule has 2 aromatic rings. The first kappa shape index (κ1) is 13.6. The van der Waals surface area contributed by atoms with Gasteiger partial charge in [-0.05, 0) is 41.8 Å². The number of rotatable bonds is 4. The fourth-order valence-corrected chi connectivity index (χ4v) is 2.07. The van der Waals surface area contributed by atoms with Crippen molar-refractivity contribution in [1.82, 2.24) is 0 Å². The minimum atomic E-state index is -0.0356. The largest absolute Gasteiger partial charge is 0.326 e. The summed E-state index contributed by atoms with van der Waals surface area (Å²) in [5.74, 6) is -0.0356. The molecule has 0 unspecified atom stereocenters. The number of halogens is 1. The summed E-state index contributed by atoms with van der Waals surface area (Å²) in [5.41, 5.74) is 2.99. The van der Waals surface area contributed by atoms with Crippen LogP contribution in [0.4, 0.5) is 5.69 Å². The molecule has 2 nitrogen and oxygen atoms in total. The zero-order valence-electron chi connectivity index (χ0n) is 10.8. The molecule has 0 atom stereocenters. The Hall–Kier alpha value is -1.80. The highest BCUT2D eigenvalue weighted by Crippen LogP contribution is 2.13. The van der Waals surface area contributed by atoms with Gasteiger partial charge in [-0.25, -0.2) is 0 Å². The number of nitrogens with one attached hydrogen (secondary N) is 1. The van der Waals surface area contributed by atoms with E-state index in [9.17, 15) is 4.79 Å². The number of hydrogen-bond acceptors (Lipinski definition) is 1. The first-order valence-electron chi connectivity index (χ1n) is 6.30. The Morgan fingerprint density at radius 2 is 1.84 bits per heavy atom. The molecule has 0 spiro atoms. The first-order valence-corrected chi connectivity index (χ1v) is 6.68. The molecule has 98 valence electrons. The summed E-state index contributed by atoms with van der Waals surface area (Å²) in [6.07, 6.45) is 1.33. The third kappa shape index (κ3) is 4.11. The Morgan fingerprint density at radius 3 is 2.47 bits per heavy atom. The fraction of sp³-hybridized carbons (Fsp3) is 0.188. The van der Waals surface area contributed by atoms with Gasteiger partial charge in [0.2, 0.25) is 5.91 Å². The van der Waals surface area contributed by atoms with E-state index in [-0.39, 0.29) is 5.91 Å². The SMILES string of the molecule is CCc1ccc(NC(=O)Cc2cccc(Cl)c2)cc1. The molecular formula is C16H16ClNO. The predicted octanol–water partition coefficient (Wildman–Crippen LogP) is 4.08. The van der Waals surface area contributed by atoms with Crippen LogP contribution in [0, 0.1) is 0 Å². The summed E-state index contributed by atoms with van der Waals surface area (Å²) >= 11 is 5.89. The highest BCUT2D eigenvalue weighted by atomic mass is 35.5. The lowest BCUT2D eigenvalue weighted by atomic mass is 10.1. The minimum Gasteiger partial charge on any atom is -0.326 e. The maximum Gasteiger partial charge on any atom is 0.228 e. The second-order valence-corrected chi connectivity index (χ2v) is 4.84. The second kappa shape index (κ2) is 6.39. The lowest BCUT2D eigenvalue weighted by Gasteiger charge is -2.06. The van der Waals surface area contributed by atoms with E-state index in [2.05, 4.69) is 12.2 Å². The molecule has 0 aromatic heterocycles. The maximum absolute atomic E-state index is 11.9. The molecule has 0 aliphatic heterocycles. The fourth-order valence-electron chi connectivity index (χ4n) is 1.86. The number of carbonyl (C=O) groups excluding carboxylic acids is 1. The number of carbonyl (C=O) groups is 1. The Balaban J connectivity index is 1.97. The van der Waals surface area contributed by atoms with E-state index in [0.717, 1.165) is 17.7 Å². The van der Waals surface area contributed by atoms with Crippen molar-refractivity contribution in [3.63, 3.8) is 0 Å². The van der Waals surface area contributed by atoms with Crippen molar-refractivity contribution in [3.05, 3.63) is 64.7 Å². The number of amides is 1. The number of anilines is 1. The molecule has 2 rings (SSSR count). The minimum absolute atomic E-state index is 0.0356. The van der Waals surface area contributed by atoms with E-state index in [1.807, 2.05) is 36.4 Å². The summed E-state index contributed by atoms with van der Waals surface area (Å²) in [5, 5.41) is 3.53. The van der Waals surface area contributed by atoms with Crippen LogP contribution >= 0.6 is 11.6 Å². The summed E-state index contributed by atoms with van der Waals surface area (Å²) in [7, 11) is 0. The van der Waals surface area contributed by atoms with Gasteiger partial charge in [0.15, 0.2) is 0 Å². The van der Waals surface area contributed by atoms with Gasteiger partial charge < -0.3 is 5.32 Å². The Labute approximate surface area is 118 Å². The molecule has 0 aliphatic carbocycles. The molecule has 2 aromatic carbocycles. The van der Waals surface area contributed by atoms with Crippen LogP contribution in [0.2, 0.25) is 5.02 Å². The molecule has 1 amide bonds. The van der Waals surface area contributed by atoms with Crippen molar-refractivity contribution in [1.29, 1.82) is 0 Å². The average molecular weight is 274 g/mol. The van der Waals surface area contributed by atoms with Crippen LogP contribution in [0.25, 0.3) is 0 Å². The average Bonchev–Trinajstić information content (AvgIpc) is 2.39. The molecule has 0 heterocycles. The van der Waals surface area contributed by atoms with Crippen molar-refractivity contribution < 1.29 is 4.79 Å². The normalized spacial score (nSPS) is 10.2. The van der Waals surface area contributed by atoms with E-state index < -0.39 is 0 Å². The molecule has 0 saturated carbocycles. The number of benzene rings is 2. The van der Waals surface area contributed by atoms with Crippen molar-refractivity contribution in [2.45, 2.75) is 19.8 Å². The van der Waals surface area contributed by atoms with Gasteiger partial charge in [0.25, 0.3) is 0 Å². The molecule has 0 bridgehead atoms.